The van der Waals surface area contributed by atoms with E-state index in [2.05, 4.69) is 15.1 Å². The number of ether oxygens (including phenoxy) is 2. The number of hydrogen-bond donors (Lipinski definition) is 0. The Morgan fingerprint density at radius 3 is 2.55 bits per heavy atom. The Balaban J connectivity index is 1.99. The summed E-state index contributed by atoms with van der Waals surface area (Å²) in [7, 11) is 3.03. The first-order valence-corrected chi connectivity index (χ1v) is 10.00. The molecule has 4 aromatic rings. The number of amides is 1. The lowest BCUT2D eigenvalue weighted by molar-refractivity contribution is -0.116. The van der Waals surface area contributed by atoms with E-state index >= 15 is 0 Å². The second kappa shape index (κ2) is 9.07. The summed E-state index contributed by atoms with van der Waals surface area (Å²) in [5.41, 5.74) is 2.79. The van der Waals surface area contributed by atoms with Crippen LogP contribution in [-0.2, 0) is 4.79 Å². The topological polar surface area (TPSA) is 90.6 Å². The number of hydrogen-bond acceptors (Lipinski definition) is 7. The molecule has 9 heteroatoms. The third kappa shape index (κ3) is 4.12. The minimum atomic E-state index is -0.352. The largest absolute Gasteiger partial charge is 0.497 e. The maximum atomic E-state index is 13.9. The molecule has 33 heavy (non-hydrogen) atoms. The van der Waals surface area contributed by atoms with Gasteiger partial charge in [-0.25, -0.2) is 19.3 Å². The van der Waals surface area contributed by atoms with Crippen LogP contribution < -0.4 is 14.4 Å². The Labute approximate surface area is 189 Å². The van der Waals surface area contributed by atoms with Gasteiger partial charge in [0.1, 0.15) is 29.3 Å². The number of halogens is 1. The van der Waals surface area contributed by atoms with Gasteiger partial charge < -0.3 is 14.0 Å². The molecule has 0 aliphatic rings. The molecule has 0 unspecified atom stereocenters. The third-order valence-electron chi connectivity index (χ3n) is 5.09. The van der Waals surface area contributed by atoms with Crippen LogP contribution in [0.3, 0.4) is 0 Å². The molecule has 0 aliphatic carbocycles. The highest BCUT2D eigenvalue weighted by Crippen LogP contribution is 2.44. The maximum absolute atomic E-state index is 13.9. The van der Waals surface area contributed by atoms with Gasteiger partial charge in [0.2, 0.25) is 11.8 Å². The third-order valence-corrected chi connectivity index (χ3v) is 5.09. The zero-order chi connectivity index (χ0) is 23.5. The van der Waals surface area contributed by atoms with E-state index in [4.69, 9.17) is 14.0 Å². The fraction of sp³-hybridized carbons (Fsp3) is 0.167. The first kappa shape index (κ1) is 21.9. The van der Waals surface area contributed by atoms with Crippen molar-refractivity contribution >= 4 is 17.5 Å². The fourth-order valence-electron chi connectivity index (χ4n) is 3.49. The van der Waals surface area contributed by atoms with Crippen LogP contribution in [0.4, 0.5) is 16.0 Å². The lowest BCUT2D eigenvalue weighted by Crippen LogP contribution is -2.23. The molecule has 0 saturated carbocycles. The van der Waals surface area contributed by atoms with Crippen LogP contribution in [0.5, 0.6) is 11.5 Å². The smallest absolute Gasteiger partial charge is 0.248 e. The Hall–Kier alpha value is -4.27. The second-order valence-electron chi connectivity index (χ2n) is 7.16. The summed E-state index contributed by atoms with van der Waals surface area (Å²) in [4.78, 5) is 22.6. The lowest BCUT2D eigenvalue weighted by atomic mass is 10.0. The maximum Gasteiger partial charge on any atom is 0.248 e. The number of aryl methyl sites for hydroxylation is 1. The summed E-state index contributed by atoms with van der Waals surface area (Å²) in [6.07, 6.45) is 2.96. The number of carbonyl (C=O) groups excluding carboxylic acids is 1. The normalized spacial score (nSPS) is 10.7. The van der Waals surface area contributed by atoms with E-state index in [9.17, 15) is 9.18 Å². The Morgan fingerprint density at radius 1 is 1.09 bits per heavy atom. The molecule has 0 atom stereocenters. The highest BCUT2D eigenvalue weighted by molar-refractivity contribution is 6.04. The second-order valence-corrected chi connectivity index (χ2v) is 7.16. The molecule has 8 nitrogen and oxygen atoms in total. The summed E-state index contributed by atoms with van der Waals surface area (Å²) in [6.45, 7) is 3.06. The molecule has 1 amide bonds. The Kier molecular flexibility index (Phi) is 6.03. The van der Waals surface area contributed by atoms with E-state index in [-0.39, 0.29) is 17.6 Å². The average Bonchev–Trinajstić information content (AvgIpc) is 3.25. The molecular weight excluding hydrogens is 427 g/mol. The SMILES string of the molecule is COc1ccc(OC)c(N(C(C)=O)c2onc(-c3ccc(F)c(C)c3)c2-c2ccncn2)c1. The molecule has 4 rings (SSSR count). The van der Waals surface area contributed by atoms with Crippen molar-refractivity contribution in [1.82, 2.24) is 15.1 Å². The van der Waals surface area contributed by atoms with Crippen LogP contribution in [0, 0.1) is 12.7 Å². The first-order valence-electron chi connectivity index (χ1n) is 10.00. The van der Waals surface area contributed by atoms with Gasteiger partial charge in [0, 0.05) is 24.8 Å². The van der Waals surface area contributed by atoms with Crippen molar-refractivity contribution in [1.29, 1.82) is 0 Å². The highest BCUT2D eigenvalue weighted by atomic mass is 19.1. The average molecular weight is 448 g/mol. The predicted molar refractivity (Wildman–Crippen MR) is 120 cm³/mol. The summed E-state index contributed by atoms with van der Waals surface area (Å²) in [5.74, 6) is 0.391. The van der Waals surface area contributed by atoms with Crippen LogP contribution in [0.2, 0.25) is 0 Å². The molecule has 2 aromatic carbocycles. The molecule has 2 heterocycles. The summed E-state index contributed by atoms with van der Waals surface area (Å²) in [5, 5.41) is 4.24. The molecule has 2 aromatic heterocycles. The van der Waals surface area contributed by atoms with Gasteiger partial charge in [0.05, 0.1) is 31.2 Å². The highest BCUT2D eigenvalue weighted by Gasteiger charge is 2.30. The molecule has 0 aliphatic heterocycles. The molecule has 0 fully saturated rings. The van der Waals surface area contributed by atoms with Gasteiger partial charge in [-0.1, -0.05) is 5.16 Å². The van der Waals surface area contributed by atoms with Gasteiger partial charge in [0.25, 0.3) is 0 Å². The molecule has 0 bridgehead atoms. The number of methoxy groups -OCH3 is 2. The van der Waals surface area contributed by atoms with Crippen molar-refractivity contribution in [2.45, 2.75) is 13.8 Å². The lowest BCUT2D eigenvalue weighted by Gasteiger charge is -2.22. The molecule has 168 valence electrons. The van der Waals surface area contributed by atoms with Crippen LogP contribution in [0.1, 0.15) is 12.5 Å². The number of anilines is 2. The standard InChI is InChI=1S/C24H21FN4O4/c1-14-11-16(5-7-18(14)25)23-22(19-9-10-26-13-27-19)24(33-28-23)29(15(2)30)20-12-17(31-3)6-8-21(20)32-4/h5-13H,1-4H3. The summed E-state index contributed by atoms with van der Waals surface area (Å²) in [6, 6.07) is 11.4. The van der Waals surface area contributed by atoms with Crippen LogP contribution in [-0.4, -0.2) is 35.3 Å². The van der Waals surface area contributed by atoms with Crippen LogP contribution >= 0.6 is 0 Å². The van der Waals surface area contributed by atoms with E-state index in [0.29, 0.717) is 45.3 Å². The zero-order valence-electron chi connectivity index (χ0n) is 18.5. The fourth-order valence-corrected chi connectivity index (χ4v) is 3.49. The summed E-state index contributed by atoms with van der Waals surface area (Å²) < 4.78 is 30.5. The van der Waals surface area contributed by atoms with Gasteiger partial charge in [-0.2, -0.15) is 0 Å². The summed E-state index contributed by atoms with van der Waals surface area (Å²) >= 11 is 0. The molecule has 0 N–H and O–H groups in total. The number of rotatable bonds is 6. The predicted octanol–water partition coefficient (Wildman–Crippen LogP) is 4.95. The first-order chi connectivity index (χ1) is 15.9. The van der Waals surface area contributed by atoms with E-state index in [1.165, 1.54) is 38.4 Å². The van der Waals surface area contributed by atoms with Gasteiger partial charge >= 0.3 is 0 Å². The Morgan fingerprint density at radius 2 is 1.91 bits per heavy atom. The van der Waals surface area contributed by atoms with Crippen molar-refractivity contribution in [3.05, 3.63) is 66.4 Å². The zero-order valence-corrected chi connectivity index (χ0v) is 18.5. The van der Waals surface area contributed by atoms with E-state index < -0.39 is 0 Å². The molecule has 0 spiro atoms. The van der Waals surface area contributed by atoms with Crippen LogP contribution in [0.15, 0.2) is 59.5 Å². The van der Waals surface area contributed by atoms with Crippen molar-refractivity contribution in [3.8, 4) is 34.0 Å². The van der Waals surface area contributed by atoms with Crippen molar-refractivity contribution in [2.75, 3.05) is 19.1 Å². The van der Waals surface area contributed by atoms with Gasteiger partial charge in [0.15, 0.2) is 0 Å². The number of benzene rings is 2. The van der Waals surface area contributed by atoms with E-state index in [0.717, 1.165) is 0 Å². The van der Waals surface area contributed by atoms with Crippen molar-refractivity contribution in [3.63, 3.8) is 0 Å². The monoisotopic (exact) mass is 448 g/mol. The number of nitrogens with zero attached hydrogens (tertiary/aromatic N) is 4. The van der Waals surface area contributed by atoms with Crippen LogP contribution in [0.25, 0.3) is 22.5 Å². The van der Waals surface area contributed by atoms with Gasteiger partial charge in [-0.05, 0) is 48.9 Å². The van der Waals surface area contributed by atoms with E-state index in [1.807, 2.05) is 0 Å². The quantitative estimate of drug-likeness (QED) is 0.412. The number of aromatic nitrogens is 3. The Bertz CT molecular complexity index is 1310. The van der Waals surface area contributed by atoms with Crippen molar-refractivity contribution in [2.24, 2.45) is 0 Å². The van der Waals surface area contributed by atoms with Gasteiger partial charge in [-0.3, -0.25) is 4.79 Å². The minimum absolute atomic E-state index is 0.129. The molecule has 0 saturated heterocycles. The van der Waals surface area contributed by atoms with E-state index in [1.54, 1.807) is 49.5 Å². The molecule has 0 radical (unpaired) electrons. The number of carbonyl (C=O) groups is 1. The molecular formula is C24H21FN4O4. The van der Waals surface area contributed by atoms with Crippen molar-refractivity contribution < 1.29 is 23.2 Å². The minimum Gasteiger partial charge on any atom is -0.497 e. The van der Waals surface area contributed by atoms with Gasteiger partial charge in [-0.15, -0.1) is 0 Å².